The molecule has 1 fully saturated rings. The number of aromatic nitrogens is 1. The van der Waals surface area contributed by atoms with Crippen LogP contribution in [-0.2, 0) is 26.2 Å². The van der Waals surface area contributed by atoms with Crippen molar-refractivity contribution in [3.8, 4) is 0 Å². The molecule has 31 heavy (non-hydrogen) atoms. The van der Waals surface area contributed by atoms with Crippen molar-refractivity contribution in [3.05, 3.63) is 71.9 Å². The number of nitrogens with zero attached hydrogens (tertiary/aromatic N) is 2. The Morgan fingerprint density at radius 3 is 2.52 bits per heavy atom. The fraction of sp³-hybridized carbons (Fsp3) is 0.273. The molecule has 2 heterocycles. The summed E-state index contributed by atoms with van der Waals surface area (Å²) in [7, 11) is -3.96. The molecule has 0 spiro atoms. The third kappa shape index (κ3) is 4.28. The van der Waals surface area contributed by atoms with Crippen molar-refractivity contribution in [2.24, 2.45) is 5.92 Å². The van der Waals surface area contributed by atoms with Gasteiger partial charge in [0, 0.05) is 30.2 Å². The number of halogens is 2. The minimum atomic E-state index is -3.96. The van der Waals surface area contributed by atoms with E-state index in [4.69, 9.17) is 4.74 Å². The average Bonchev–Trinajstić information content (AvgIpc) is 2.79. The van der Waals surface area contributed by atoms with E-state index in [2.05, 4.69) is 4.98 Å². The fourth-order valence-corrected chi connectivity index (χ4v) is 5.24. The van der Waals surface area contributed by atoms with Crippen molar-refractivity contribution >= 4 is 26.9 Å². The van der Waals surface area contributed by atoms with Crippen molar-refractivity contribution in [2.45, 2.75) is 24.3 Å². The lowest BCUT2D eigenvalue weighted by Gasteiger charge is -2.30. The van der Waals surface area contributed by atoms with E-state index in [0.29, 0.717) is 16.5 Å². The van der Waals surface area contributed by atoms with E-state index in [1.807, 2.05) is 0 Å². The molecule has 162 valence electrons. The number of carbonyl (C=O) groups is 1. The second-order valence-electron chi connectivity index (χ2n) is 7.32. The maximum atomic E-state index is 13.9. The number of sulfonamides is 1. The maximum absolute atomic E-state index is 13.9. The van der Waals surface area contributed by atoms with Crippen LogP contribution in [0.3, 0.4) is 0 Å². The van der Waals surface area contributed by atoms with Crippen LogP contribution in [0.2, 0.25) is 0 Å². The number of rotatable bonds is 5. The lowest BCUT2D eigenvalue weighted by molar-refractivity contribution is -0.151. The fourth-order valence-electron chi connectivity index (χ4n) is 3.70. The van der Waals surface area contributed by atoms with Gasteiger partial charge >= 0.3 is 5.97 Å². The number of hydrogen-bond donors (Lipinski definition) is 0. The number of benzene rings is 2. The Balaban J connectivity index is 1.38. The van der Waals surface area contributed by atoms with E-state index < -0.39 is 33.5 Å². The van der Waals surface area contributed by atoms with Crippen LogP contribution in [-0.4, -0.2) is 36.8 Å². The molecule has 3 aromatic rings. The average molecular weight is 446 g/mol. The second-order valence-corrected chi connectivity index (χ2v) is 9.23. The van der Waals surface area contributed by atoms with Gasteiger partial charge < -0.3 is 4.74 Å². The maximum Gasteiger partial charge on any atom is 0.309 e. The molecule has 0 aliphatic carbocycles. The molecule has 2 aromatic carbocycles. The summed E-state index contributed by atoms with van der Waals surface area (Å²) in [5.74, 6) is -2.12. The van der Waals surface area contributed by atoms with Gasteiger partial charge in [-0.05, 0) is 43.2 Å². The van der Waals surface area contributed by atoms with E-state index in [-0.39, 0.29) is 37.4 Å². The lowest BCUT2D eigenvalue weighted by Crippen LogP contribution is -2.40. The van der Waals surface area contributed by atoms with Crippen molar-refractivity contribution in [1.82, 2.24) is 9.29 Å². The highest BCUT2D eigenvalue weighted by molar-refractivity contribution is 7.89. The summed E-state index contributed by atoms with van der Waals surface area (Å²) in [4.78, 5) is 16.3. The zero-order chi connectivity index (χ0) is 22.0. The summed E-state index contributed by atoms with van der Waals surface area (Å²) < 4.78 is 59.8. The predicted octanol–water partition coefficient (Wildman–Crippen LogP) is 3.66. The lowest BCUT2D eigenvalue weighted by atomic mass is 9.98. The third-order valence-corrected chi connectivity index (χ3v) is 7.34. The summed E-state index contributed by atoms with van der Waals surface area (Å²) in [6, 6.07) is 11.3. The van der Waals surface area contributed by atoms with Crippen LogP contribution in [0.4, 0.5) is 8.78 Å². The van der Waals surface area contributed by atoms with Gasteiger partial charge in [0.1, 0.15) is 23.1 Å². The van der Waals surface area contributed by atoms with Gasteiger partial charge in [0.25, 0.3) is 0 Å². The minimum Gasteiger partial charge on any atom is -0.461 e. The number of pyridine rings is 1. The van der Waals surface area contributed by atoms with Crippen LogP contribution in [0.15, 0.2) is 59.6 Å². The predicted molar refractivity (Wildman–Crippen MR) is 109 cm³/mol. The molecule has 0 unspecified atom stereocenters. The van der Waals surface area contributed by atoms with Gasteiger partial charge in [-0.25, -0.2) is 17.2 Å². The first-order valence-electron chi connectivity index (χ1n) is 9.81. The quantitative estimate of drug-likeness (QED) is 0.559. The summed E-state index contributed by atoms with van der Waals surface area (Å²) >= 11 is 0. The Labute approximate surface area is 178 Å². The molecule has 1 aliphatic heterocycles. The smallest absolute Gasteiger partial charge is 0.309 e. The van der Waals surface area contributed by atoms with Gasteiger partial charge in [-0.1, -0.05) is 18.2 Å². The number of piperidine rings is 1. The summed E-state index contributed by atoms with van der Waals surface area (Å²) in [5.41, 5.74) is 1.02. The van der Waals surface area contributed by atoms with E-state index in [9.17, 15) is 22.0 Å². The molecule has 0 bridgehead atoms. The van der Waals surface area contributed by atoms with Crippen molar-refractivity contribution < 1.29 is 26.7 Å². The minimum absolute atomic E-state index is 0.0552. The summed E-state index contributed by atoms with van der Waals surface area (Å²) in [6.07, 6.45) is 2.09. The number of ether oxygens (including phenoxy) is 1. The Kier molecular flexibility index (Phi) is 5.97. The number of hydrogen-bond acceptors (Lipinski definition) is 5. The summed E-state index contributed by atoms with van der Waals surface area (Å²) in [5, 5.41) is 0.350. The van der Waals surface area contributed by atoms with E-state index in [1.165, 1.54) is 34.6 Å². The largest absolute Gasteiger partial charge is 0.461 e. The molecule has 1 aliphatic rings. The Morgan fingerprint density at radius 1 is 1.03 bits per heavy atom. The third-order valence-electron chi connectivity index (χ3n) is 5.41. The van der Waals surface area contributed by atoms with Gasteiger partial charge in [-0.15, -0.1) is 0 Å². The van der Waals surface area contributed by atoms with Crippen LogP contribution in [0, 0.1) is 17.6 Å². The van der Waals surface area contributed by atoms with Crippen LogP contribution < -0.4 is 0 Å². The van der Waals surface area contributed by atoms with E-state index >= 15 is 0 Å². The SMILES string of the molecule is O=C(OCc1ccc(F)c2cccnc12)C1CCN(S(=O)(=O)c2ccccc2F)CC1. The first kappa shape index (κ1) is 21.3. The molecule has 0 saturated carbocycles. The van der Waals surface area contributed by atoms with Gasteiger partial charge in [-0.3, -0.25) is 9.78 Å². The molecule has 1 saturated heterocycles. The highest BCUT2D eigenvalue weighted by atomic mass is 32.2. The highest BCUT2D eigenvalue weighted by Gasteiger charge is 2.34. The van der Waals surface area contributed by atoms with E-state index in [1.54, 1.807) is 18.3 Å². The van der Waals surface area contributed by atoms with Crippen molar-refractivity contribution in [2.75, 3.05) is 13.1 Å². The van der Waals surface area contributed by atoms with Gasteiger partial charge in [0.15, 0.2) is 0 Å². The first-order chi connectivity index (χ1) is 14.9. The van der Waals surface area contributed by atoms with Crippen LogP contribution in [0.5, 0.6) is 0 Å². The zero-order valence-corrected chi connectivity index (χ0v) is 17.3. The van der Waals surface area contributed by atoms with Crippen molar-refractivity contribution in [3.63, 3.8) is 0 Å². The molecule has 6 nitrogen and oxygen atoms in total. The second kappa shape index (κ2) is 8.68. The molecule has 1 aromatic heterocycles. The van der Waals surface area contributed by atoms with Gasteiger partial charge in [0.2, 0.25) is 10.0 Å². The number of fused-ring (bicyclic) bond motifs is 1. The Hall–Kier alpha value is -2.91. The first-order valence-corrected chi connectivity index (χ1v) is 11.3. The molecule has 0 amide bonds. The van der Waals surface area contributed by atoms with Gasteiger partial charge in [0.05, 0.1) is 11.4 Å². The monoisotopic (exact) mass is 446 g/mol. The van der Waals surface area contributed by atoms with E-state index in [0.717, 1.165) is 6.07 Å². The standard InChI is InChI=1S/C22H20F2N2O4S/c23-18-8-7-16(21-17(18)4-3-11-25-21)14-30-22(27)15-9-12-26(13-10-15)31(28,29)20-6-2-1-5-19(20)24/h1-8,11,15H,9-10,12-14H2. The number of esters is 1. The van der Waals surface area contributed by atoms with Gasteiger partial charge in [-0.2, -0.15) is 4.31 Å². The van der Waals surface area contributed by atoms with Crippen LogP contribution in [0.1, 0.15) is 18.4 Å². The molecular formula is C22H20F2N2O4S. The molecule has 4 rings (SSSR count). The zero-order valence-electron chi connectivity index (χ0n) is 16.5. The molecule has 0 N–H and O–H groups in total. The Morgan fingerprint density at radius 2 is 1.77 bits per heavy atom. The Bertz CT molecular complexity index is 1230. The van der Waals surface area contributed by atoms with Crippen LogP contribution in [0.25, 0.3) is 10.9 Å². The molecular weight excluding hydrogens is 426 g/mol. The molecule has 9 heteroatoms. The summed E-state index contributed by atoms with van der Waals surface area (Å²) in [6.45, 7) is 0.134. The normalized spacial score (nSPS) is 15.8. The number of carbonyl (C=O) groups excluding carboxylic acids is 1. The van der Waals surface area contributed by atoms with Crippen LogP contribution >= 0.6 is 0 Å². The van der Waals surface area contributed by atoms with Crippen molar-refractivity contribution in [1.29, 1.82) is 0 Å². The molecule has 0 atom stereocenters. The highest BCUT2D eigenvalue weighted by Crippen LogP contribution is 2.27. The molecule has 0 radical (unpaired) electrons. The topological polar surface area (TPSA) is 76.6 Å².